The number of carbonyl (C=O) groups is 3. The van der Waals surface area contributed by atoms with Crippen LogP contribution >= 0.6 is 0 Å². The highest BCUT2D eigenvalue weighted by Crippen LogP contribution is 2.16. The number of rotatable bonds is 5. The lowest BCUT2D eigenvalue weighted by Crippen LogP contribution is -2.50. The summed E-state index contributed by atoms with van der Waals surface area (Å²) in [6.07, 6.45) is -0.844. The molecule has 0 aromatic rings. The average molecular weight is 274 g/mol. The molecule has 3 atom stereocenters. The predicted molar refractivity (Wildman–Crippen MR) is 68.3 cm³/mol. The van der Waals surface area contributed by atoms with Gasteiger partial charge in [0.15, 0.2) is 0 Å². The van der Waals surface area contributed by atoms with Gasteiger partial charge in [0.1, 0.15) is 11.6 Å². The van der Waals surface area contributed by atoms with Crippen LogP contribution in [0.25, 0.3) is 0 Å². The second kappa shape index (κ2) is 6.40. The smallest absolute Gasteiger partial charge is 0.408 e. The number of hydrogen-bond donors (Lipinski definition) is 3. The standard InChI is InChI=1S/C12H22N2O5/c1-6(7(2)9(13)15)8(10(16)17)14-11(18)19-12(3,4)5/h6-8H,1-5H3,(H2,13,15)(H,14,18)(H,16,17)/t6-,7+,8-/m0/s1. The Morgan fingerprint density at radius 3 is 2.00 bits per heavy atom. The number of hydrogen-bond acceptors (Lipinski definition) is 4. The van der Waals surface area contributed by atoms with Crippen LogP contribution in [0.15, 0.2) is 0 Å². The normalized spacial score (nSPS) is 16.1. The van der Waals surface area contributed by atoms with Crippen LogP contribution in [0.5, 0.6) is 0 Å². The van der Waals surface area contributed by atoms with Crippen molar-refractivity contribution in [3.05, 3.63) is 0 Å². The topological polar surface area (TPSA) is 119 Å². The third-order valence-electron chi connectivity index (χ3n) is 2.70. The first-order valence-electron chi connectivity index (χ1n) is 5.97. The lowest BCUT2D eigenvalue weighted by Gasteiger charge is -2.26. The van der Waals surface area contributed by atoms with E-state index in [9.17, 15) is 14.4 Å². The minimum atomic E-state index is -1.24. The van der Waals surface area contributed by atoms with Crippen LogP contribution in [0.3, 0.4) is 0 Å². The number of nitrogens with one attached hydrogen (secondary N) is 1. The number of amides is 2. The molecule has 7 heteroatoms. The van der Waals surface area contributed by atoms with Gasteiger partial charge in [-0.15, -0.1) is 0 Å². The van der Waals surface area contributed by atoms with Crippen LogP contribution in [0.1, 0.15) is 34.6 Å². The van der Waals surface area contributed by atoms with Crippen molar-refractivity contribution < 1.29 is 24.2 Å². The maximum Gasteiger partial charge on any atom is 0.408 e. The Labute approximate surface area is 112 Å². The van der Waals surface area contributed by atoms with Crippen LogP contribution in [-0.4, -0.2) is 34.7 Å². The second-order valence-corrected chi connectivity index (χ2v) is 5.51. The molecule has 0 aliphatic rings. The van der Waals surface area contributed by atoms with Crippen LogP contribution in [0, 0.1) is 11.8 Å². The molecule has 0 heterocycles. The molecule has 2 amide bonds. The Morgan fingerprint density at radius 2 is 1.68 bits per heavy atom. The molecule has 4 N–H and O–H groups in total. The molecule has 0 saturated carbocycles. The summed E-state index contributed by atoms with van der Waals surface area (Å²) in [6, 6.07) is -1.24. The molecule has 0 aliphatic carbocycles. The number of nitrogens with two attached hydrogens (primary N) is 1. The monoisotopic (exact) mass is 274 g/mol. The second-order valence-electron chi connectivity index (χ2n) is 5.51. The Morgan fingerprint density at radius 1 is 1.21 bits per heavy atom. The first-order chi connectivity index (χ1) is 8.45. The third-order valence-corrected chi connectivity index (χ3v) is 2.70. The van der Waals surface area contributed by atoms with Crippen LogP contribution in [-0.2, 0) is 14.3 Å². The van der Waals surface area contributed by atoms with Gasteiger partial charge in [0.2, 0.25) is 5.91 Å². The fourth-order valence-corrected chi connectivity index (χ4v) is 1.40. The molecule has 19 heavy (non-hydrogen) atoms. The van der Waals surface area contributed by atoms with Crippen molar-refractivity contribution in [2.45, 2.75) is 46.3 Å². The van der Waals surface area contributed by atoms with Crippen molar-refractivity contribution in [3.8, 4) is 0 Å². The first-order valence-corrected chi connectivity index (χ1v) is 5.97. The van der Waals surface area contributed by atoms with E-state index in [1.165, 1.54) is 13.8 Å². The summed E-state index contributed by atoms with van der Waals surface area (Å²) in [4.78, 5) is 33.8. The van der Waals surface area contributed by atoms with Gasteiger partial charge in [-0.25, -0.2) is 9.59 Å². The average Bonchev–Trinajstić information content (AvgIpc) is 2.20. The van der Waals surface area contributed by atoms with Gasteiger partial charge in [0, 0.05) is 5.92 Å². The summed E-state index contributed by atoms with van der Waals surface area (Å²) >= 11 is 0. The van der Waals surface area contributed by atoms with E-state index >= 15 is 0 Å². The van der Waals surface area contributed by atoms with Crippen molar-refractivity contribution in [1.82, 2.24) is 5.32 Å². The molecule has 0 rings (SSSR count). The lowest BCUT2D eigenvalue weighted by atomic mass is 9.88. The van der Waals surface area contributed by atoms with Gasteiger partial charge in [-0.1, -0.05) is 13.8 Å². The van der Waals surface area contributed by atoms with E-state index in [1.54, 1.807) is 20.8 Å². The summed E-state index contributed by atoms with van der Waals surface area (Å²) in [5.41, 5.74) is 4.40. The van der Waals surface area contributed by atoms with Crippen molar-refractivity contribution in [2.24, 2.45) is 17.6 Å². The molecule has 0 saturated heterocycles. The van der Waals surface area contributed by atoms with Gasteiger partial charge in [-0.2, -0.15) is 0 Å². The summed E-state index contributed by atoms with van der Waals surface area (Å²) in [5.74, 6) is -3.20. The number of ether oxygens (including phenoxy) is 1. The zero-order chi connectivity index (χ0) is 15.4. The van der Waals surface area contributed by atoms with Crippen LogP contribution in [0.2, 0.25) is 0 Å². The van der Waals surface area contributed by atoms with E-state index in [4.69, 9.17) is 15.6 Å². The molecule has 7 nitrogen and oxygen atoms in total. The SMILES string of the molecule is C[C@H]([C@H](NC(=O)OC(C)(C)C)C(=O)O)[C@@H](C)C(N)=O. The zero-order valence-electron chi connectivity index (χ0n) is 11.9. The minimum Gasteiger partial charge on any atom is -0.480 e. The molecule has 0 bridgehead atoms. The van der Waals surface area contributed by atoms with E-state index in [2.05, 4.69) is 5.32 Å². The van der Waals surface area contributed by atoms with Crippen LogP contribution in [0.4, 0.5) is 4.79 Å². The summed E-state index contributed by atoms with van der Waals surface area (Å²) < 4.78 is 4.98. The fraction of sp³-hybridized carbons (Fsp3) is 0.750. The van der Waals surface area contributed by atoms with Crippen molar-refractivity contribution >= 4 is 18.0 Å². The number of carboxylic acids is 1. The lowest BCUT2D eigenvalue weighted by molar-refractivity contribution is -0.141. The van der Waals surface area contributed by atoms with Crippen molar-refractivity contribution in [1.29, 1.82) is 0 Å². The molecule has 0 aromatic carbocycles. The number of carboxylic acid groups (broad SMARTS) is 1. The minimum absolute atomic E-state index is 0.621. The molecular formula is C12H22N2O5. The molecule has 0 unspecified atom stereocenters. The zero-order valence-corrected chi connectivity index (χ0v) is 11.9. The largest absolute Gasteiger partial charge is 0.480 e. The molecule has 0 aliphatic heterocycles. The van der Waals surface area contributed by atoms with Gasteiger partial charge in [0.05, 0.1) is 0 Å². The molecule has 0 spiro atoms. The number of primary amides is 1. The van der Waals surface area contributed by atoms with E-state index in [0.29, 0.717) is 0 Å². The van der Waals surface area contributed by atoms with Crippen molar-refractivity contribution in [2.75, 3.05) is 0 Å². The van der Waals surface area contributed by atoms with Gasteiger partial charge >= 0.3 is 12.1 Å². The molecule has 0 radical (unpaired) electrons. The molecule has 110 valence electrons. The van der Waals surface area contributed by atoms with Crippen LogP contribution < -0.4 is 11.1 Å². The molecule has 0 fully saturated rings. The van der Waals surface area contributed by atoms with Gasteiger partial charge in [-0.05, 0) is 26.7 Å². The number of aliphatic carboxylic acids is 1. The maximum atomic E-state index is 11.6. The highest BCUT2D eigenvalue weighted by molar-refractivity contribution is 5.82. The Balaban J connectivity index is 4.81. The Bertz CT molecular complexity index is 362. The summed E-state index contributed by atoms with van der Waals surface area (Å²) in [5, 5.41) is 11.3. The predicted octanol–water partition coefficient (Wildman–Crippen LogP) is 0.722. The first kappa shape index (κ1) is 17.2. The molecular weight excluding hydrogens is 252 g/mol. The fourth-order valence-electron chi connectivity index (χ4n) is 1.40. The third kappa shape index (κ3) is 6.08. The Hall–Kier alpha value is -1.79. The van der Waals surface area contributed by atoms with Gasteiger partial charge in [-0.3, -0.25) is 4.79 Å². The summed E-state index contributed by atoms with van der Waals surface area (Å²) in [7, 11) is 0. The highest BCUT2D eigenvalue weighted by atomic mass is 16.6. The maximum absolute atomic E-state index is 11.6. The van der Waals surface area contributed by atoms with Crippen molar-refractivity contribution in [3.63, 3.8) is 0 Å². The number of carbonyl (C=O) groups excluding carboxylic acids is 2. The van der Waals surface area contributed by atoms with E-state index in [-0.39, 0.29) is 0 Å². The Kier molecular flexibility index (Phi) is 5.80. The highest BCUT2D eigenvalue weighted by Gasteiger charge is 2.33. The van der Waals surface area contributed by atoms with E-state index in [0.717, 1.165) is 0 Å². The quantitative estimate of drug-likeness (QED) is 0.682. The van der Waals surface area contributed by atoms with Gasteiger partial charge in [0.25, 0.3) is 0 Å². The van der Waals surface area contributed by atoms with Gasteiger partial charge < -0.3 is 20.9 Å². The molecule has 0 aromatic heterocycles. The van der Waals surface area contributed by atoms with E-state index in [1.807, 2.05) is 0 Å². The van der Waals surface area contributed by atoms with E-state index < -0.39 is 41.4 Å². The summed E-state index contributed by atoms with van der Waals surface area (Å²) in [6.45, 7) is 8.04. The number of alkyl carbamates (subject to hydrolysis) is 1.